The largest absolute Gasteiger partial charge is 0.508 e. The first kappa shape index (κ1) is 9.19. The third kappa shape index (κ3) is 1.62. The fourth-order valence-corrected chi connectivity index (χ4v) is 1.91. The maximum atomic E-state index is 9.37. The van der Waals surface area contributed by atoms with Gasteiger partial charge >= 0.3 is 0 Å². The van der Waals surface area contributed by atoms with Crippen LogP contribution in [0.15, 0.2) is 18.2 Å². The van der Waals surface area contributed by atoms with Gasteiger partial charge in [0.2, 0.25) is 0 Å². The maximum Gasteiger partial charge on any atom is 0.117 e. The molecule has 3 nitrogen and oxygen atoms in total. The summed E-state index contributed by atoms with van der Waals surface area (Å²) in [6, 6.07) is 5.46. The Morgan fingerprint density at radius 2 is 2.29 bits per heavy atom. The average molecular weight is 192 g/mol. The van der Waals surface area contributed by atoms with Crippen LogP contribution in [0.2, 0.25) is 0 Å². The average Bonchev–Trinajstić information content (AvgIpc) is 2.26. The Bertz CT molecular complexity index is 338. The van der Waals surface area contributed by atoms with Crippen molar-refractivity contribution in [2.24, 2.45) is 5.92 Å². The van der Waals surface area contributed by atoms with Crippen LogP contribution in [-0.4, -0.2) is 25.2 Å². The lowest BCUT2D eigenvalue weighted by molar-refractivity contribution is 0.475. The van der Waals surface area contributed by atoms with Crippen molar-refractivity contribution in [1.82, 2.24) is 0 Å². The standard InChI is InChI=1S/C11H16N2O/c1-8-6-12-10-5-9(14)3-4-11(10)13(2)7-8/h3-5,8,12,14H,6-7H2,1-2H3. The van der Waals surface area contributed by atoms with E-state index in [0.717, 1.165) is 24.5 Å². The van der Waals surface area contributed by atoms with E-state index in [2.05, 4.69) is 24.2 Å². The van der Waals surface area contributed by atoms with Gasteiger partial charge in [-0.15, -0.1) is 0 Å². The molecule has 0 aromatic heterocycles. The Labute approximate surface area is 84.4 Å². The fraction of sp³-hybridized carbons (Fsp3) is 0.455. The van der Waals surface area contributed by atoms with Gasteiger partial charge < -0.3 is 15.3 Å². The van der Waals surface area contributed by atoms with Gasteiger partial charge in [-0.3, -0.25) is 0 Å². The molecular weight excluding hydrogens is 176 g/mol. The molecule has 3 heteroatoms. The number of aromatic hydroxyl groups is 1. The predicted molar refractivity (Wildman–Crippen MR) is 59.0 cm³/mol. The van der Waals surface area contributed by atoms with Crippen molar-refractivity contribution >= 4 is 11.4 Å². The van der Waals surface area contributed by atoms with E-state index in [1.54, 1.807) is 12.1 Å². The third-order valence-electron chi connectivity index (χ3n) is 2.62. The Hall–Kier alpha value is -1.38. The summed E-state index contributed by atoms with van der Waals surface area (Å²) in [5.41, 5.74) is 2.18. The monoisotopic (exact) mass is 192 g/mol. The molecule has 0 spiro atoms. The van der Waals surface area contributed by atoms with Gasteiger partial charge in [0, 0.05) is 26.2 Å². The first-order valence-electron chi connectivity index (χ1n) is 4.95. The minimum Gasteiger partial charge on any atom is -0.508 e. The Morgan fingerprint density at radius 3 is 3.07 bits per heavy atom. The van der Waals surface area contributed by atoms with E-state index in [9.17, 15) is 5.11 Å². The summed E-state index contributed by atoms with van der Waals surface area (Å²) in [6.45, 7) is 4.22. The van der Waals surface area contributed by atoms with Crippen molar-refractivity contribution in [2.45, 2.75) is 6.92 Å². The van der Waals surface area contributed by atoms with Crippen LogP contribution in [0.5, 0.6) is 5.75 Å². The lowest BCUT2D eigenvalue weighted by Crippen LogP contribution is -2.23. The number of rotatable bonds is 0. The summed E-state index contributed by atoms with van der Waals surface area (Å²) >= 11 is 0. The zero-order valence-corrected chi connectivity index (χ0v) is 8.62. The normalized spacial score (nSPS) is 21.0. The molecule has 0 saturated heterocycles. The van der Waals surface area contributed by atoms with E-state index in [1.165, 1.54) is 0 Å². The summed E-state index contributed by atoms with van der Waals surface area (Å²) in [6.07, 6.45) is 0. The fourth-order valence-electron chi connectivity index (χ4n) is 1.91. The zero-order valence-electron chi connectivity index (χ0n) is 8.62. The highest BCUT2D eigenvalue weighted by Gasteiger charge is 2.15. The van der Waals surface area contributed by atoms with E-state index in [0.29, 0.717) is 11.7 Å². The summed E-state index contributed by atoms with van der Waals surface area (Å²) < 4.78 is 0. The van der Waals surface area contributed by atoms with Gasteiger partial charge in [-0.05, 0) is 18.1 Å². The first-order valence-corrected chi connectivity index (χ1v) is 4.95. The van der Waals surface area contributed by atoms with E-state index < -0.39 is 0 Å². The number of hydrogen-bond donors (Lipinski definition) is 2. The number of phenols is 1. The molecule has 1 aromatic carbocycles. The van der Waals surface area contributed by atoms with Crippen molar-refractivity contribution < 1.29 is 5.11 Å². The summed E-state index contributed by atoms with van der Waals surface area (Å²) in [4.78, 5) is 2.22. The number of hydrogen-bond acceptors (Lipinski definition) is 3. The lowest BCUT2D eigenvalue weighted by Gasteiger charge is -2.20. The van der Waals surface area contributed by atoms with Gasteiger partial charge in [0.05, 0.1) is 11.4 Å². The van der Waals surface area contributed by atoms with Crippen LogP contribution in [-0.2, 0) is 0 Å². The lowest BCUT2D eigenvalue weighted by atomic mass is 10.2. The van der Waals surface area contributed by atoms with Crippen LogP contribution < -0.4 is 10.2 Å². The minimum absolute atomic E-state index is 0.319. The molecular formula is C11H16N2O. The van der Waals surface area contributed by atoms with Crippen LogP contribution in [0.25, 0.3) is 0 Å². The van der Waals surface area contributed by atoms with Gasteiger partial charge in [-0.25, -0.2) is 0 Å². The molecule has 1 heterocycles. The summed E-state index contributed by atoms with van der Waals surface area (Å²) in [5, 5.41) is 12.7. The number of phenolic OH excluding ortho intramolecular Hbond substituents is 1. The molecule has 1 aliphatic rings. The zero-order chi connectivity index (χ0) is 10.1. The van der Waals surface area contributed by atoms with Gasteiger partial charge in [0.15, 0.2) is 0 Å². The molecule has 1 atom stereocenters. The van der Waals surface area contributed by atoms with Crippen LogP contribution in [0.4, 0.5) is 11.4 Å². The van der Waals surface area contributed by atoms with Crippen LogP contribution in [0, 0.1) is 5.92 Å². The van der Waals surface area contributed by atoms with E-state index in [4.69, 9.17) is 0 Å². The Balaban J connectivity index is 2.38. The Morgan fingerprint density at radius 1 is 1.50 bits per heavy atom. The summed E-state index contributed by atoms with van der Waals surface area (Å²) in [7, 11) is 2.08. The summed E-state index contributed by atoms with van der Waals surface area (Å²) in [5.74, 6) is 0.939. The molecule has 2 N–H and O–H groups in total. The SMILES string of the molecule is CC1CNc2cc(O)ccc2N(C)C1. The molecule has 14 heavy (non-hydrogen) atoms. The topological polar surface area (TPSA) is 35.5 Å². The third-order valence-corrected chi connectivity index (χ3v) is 2.62. The molecule has 0 bridgehead atoms. The molecule has 0 radical (unpaired) electrons. The van der Waals surface area contributed by atoms with E-state index >= 15 is 0 Å². The number of anilines is 2. The number of nitrogens with one attached hydrogen (secondary N) is 1. The second kappa shape index (κ2) is 3.40. The van der Waals surface area contributed by atoms with Gasteiger partial charge in [0.1, 0.15) is 5.75 Å². The smallest absolute Gasteiger partial charge is 0.117 e. The van der Waals surface area contributed by atoms with Crippen molar-refractivity contribution in [3.63, 3.8) is 0 Å². The molecule has 1 aliphatic heterocycles. The minimum atomic E-state index is 0.319. The van der Waals surface area contributed by atoms with Gasteiger partial charge in [-0.2, -0.15) is 0 Å². The molecule has 0 amide bonds. The highest BCUT2D eigenvalue weighted by Crippen LogP contribution is 2.31. The highest BCUT2D eigenvalue weighted by molar-refractivity contribution is 5.72. The van der Waals surface area contributed by atoms with Crippen molar-refractivity contribution in [3.8, 4) is 5.75 Å². The molecule has 0 fully saturated rings. The van der Waals surface area contributed by atoms with Crippen LogP contribution in [0.1, 0.15) is 6.92 Å². The molecule has 2 rings (SSSR count). The van der Waals surface area contributed by atoms with Gasteiger partial charge in [-0.1, -0.05) is 6.92 Å². The maximum absolute atomic E-state index is 9.37. The van der Waals surface area contributed by atoms with E-state index in [-0.39, 0.29) is 0 Å². The van der Waals surface area contributed by atoms with Crippen molar-refractivity contribution in [1.29, 1.82) is 0 Å². The molecule has 0 aliphatic carbocycles. The highest BCUT2D eigenvalue weighted by atomic mass is 16.3. The van der Waals surface area contributed by atoms with Crippen molar-refractivity contribution in [3.05, 3.63) is 18.2 Å². The number of fused-ring (bicyclic) bond motifs is 1. The first-order chi connectivity index (χ1) is 6.66. The second-order valence-corrected chi connectivity index (χ2v) is 4.07. The van der Waals surface area contributed by atoms with Crippen molar-refractivity contribution in [2.75, 3.05) is 30.4 Å². The number of benzene rings is 1. The molecule has 0 saturated carbocycles. The second-order valence-electron chi connectivity index (χ2n) is 4.07. The molecule has 76 valence electrons. The number of nitrogens with zero attached hydrogens (tertiary/aromatic N) is 1. The Kier molecular flexibility index (Phi) is 2.23. The molecule has 1 unspecified atom stereocenters. The molecule has 1 aromatic rings. The van der Waals surface area contributed by atoms with E-state index in [1.807, 2.05) is 6.07 Å². The quantitative estimate of drug-likeness (QED) is 0.659. The van der Waals surface area contributed by atoms with Gasteiger partial charge in [0.25, 0.3) is 0 Å². The van der Waals surface area contributed by atoms with Crippen LogP contribution >= 0.6 is 0 Å². The van der Waals surface area contributed by atoms with Crippen LogP contribution in [0.3, 0.4) is 0 Å². The predicted octanol–water partition coefficient (Wildman–Crippen LogP) is 1.89.